The molecule has 1 aliphatic rings. The van der Waals surface area contributed by atoms with Crippen LogP contribution in [-0.2, 0) is 0 Å². The quantitative estimate of drug-likeness (QED) is 0.759. The van der Waals surface area contributed by atoms with E-state index >= 15 is 0 Å². The molecule has 0 radical (unpaired) electrons. The van der Waals surface area contributed by atoms with Crippen molar-refractivity contribution < 1.29 is 4.74 Å². The topological polar surface area (TPSA) is 60.2 Å². The minimum Gasteiger partial charge on any atom is -0.490 e. The summed E-state index contributed by atoms with van der Waals surface area (Å²) in [6.07, 6.45) is 5.22. The summed E-state index contributed by atoms with van der Waals surface area (Å²) in [7, 11) is 0. The molecule has 2 rings (SSSR count). The molecule has 1 aliphatic carbocycles. The fraction of sp³-hybridized carbons (Fsp3) is 0.615. The number of hydrogen-bond donors (Lipinski definition) is 2. The summed E-state index contributed by atoms with van der Waals surface area (Å²) in [5, 5.41) is 3.36. The Morgan fingerprint density at radius 1 is 1.53 bits per heavy atom. The first-order valence-electron chi connectivity index (χ1n) is 6.31. The number of ether oxygens (including phenoxy) is 1. The van der Waals surface area contributed by atoms with Crippen LogP contribution in [0.5, 0.6) is 5.75 Å². The monoisotopic (exact) mass is 235 g/mol. The van der Waals surface area contributed by atoms with E-state index in [1.165, 1.54) is 12.8 Å². The zero-order valence-corrected chi connectivity index (χ0v) is 10.4. The van der Waals surface area contributed by atoms with Gasteiger partial charge in [-0.25, -0.2) is 4.98 Å². The molecule has 4 heteroatoms. The van der Waals surface area contributed by atoms with Crippen molar-refractivity contribution in [2.75, 3.05) is 25.0 Å². The molecule has 1 saturated carbocycles. The predicted octanol–water partition coefficient (Wildman–Crippen LogP) is 2.02. The van der Waals surface area contributed by atoms with Crippen molar-refractivity contribution in [3.63, 3.8) is 0 Å². The SMILES string of the molecule is CCCOc1cccnc1NCC1(CN)CC1. The first-order valence-corrected chi connectivity index (χ1v) is 6.31. The van der Waals surface area contributed by atoms with E-state index in [0.29, 0.717) is 5.41 Å². The van der Waals surface area contributed by atoms with Crippen LogP contribution in [0, 0.1) is 5.41 Å². The summed E-state index contributed by atoms with van der Waals surface area (Å²) in [6.45, 7) is 4.46. The van der Waals surface area contributed by atoms with Gasteiger partial charge in [-0.05, 0) is 43.4 Å². The maximum atomic E-state index is 5.76. The second kappa shape index (κ2) is 5.36. The van der Waals surface area contributed by atoms with Crippen LogP contribution < -0.4 is 15.8 Å². The Bertz CT molecular complexity index is 363. The van der Waals surface area contributed by atoms with Crippen molar-refractivity contribution in [1.29, 1.82) is 0 Å². The van der Waals surface area contributed by atoms with Crippen molar-refractivity contribution in [1.82, 2.24) is 4.98 Å². The van der Waals surface area contributed by atoms with Gasteiger partial charge < -0.3 is 15.8 Å². The first kappa shape index (κ1) is 12.2. The summed E-state index contributed by atoms with van der Waals surface area (Å²) in [4.78, 5) is 4.32. The number of aromatic nitrogens is 1. The molecule has 0 amide bonds. The highest BCUT2D eigenvalue weighted by molar-refractivity contribution is 5.49. The molecule has 1 fully saturated rings. The third-order valence-corrected chi connectivity index (χ3v) is 3.25. The molecule has 0 aliphatic heterocycles. The number of nitrogens with one attached hydrogen (secondary N) is 1. The largest absolute Gasteiger partial charge is 0.490 e. The van der Waals surface area contributed by atoms with E-state index < -0.39 is 0 Å². The molecule has 94 valence electrons. The lowest BCUT2D eigenvalue weighted by Gasteiger charge is -2.16. The summed E-state index contributed by atoms with van der Waals surface area (Å²) in [5.41, 5.74) is 6.06. The summed E-state index contributed by atoms with van der Waals surface area (Å²) >= 11 is 0. The Balaban J connectivity index is 1.94. The maximum Gasteiger partial charge on any atom is 0.168 e. The second-order valence-electron chi connectivity index (χ2n) is 4.76. The Morgan fingerprint density at radius 2 is 2.35 bits per heavy atom. The number of nitrogens with zero attached hydrogens (tertiary/aromatic N) is 1. The summed E-state index contributed by atoms with van der Waals surface area (Å²) < 4.78 is 5.65. The first-order chi connectivity index (χ1) is 8.29. The predicted molar refractivity (Wildman–Crippen MR) is 69.2 cm³/mol. The van der Waals surface area contributed by atoms with Crippen molar-refractivity contribution in [2.24, 2.45) is 11.1 Å². The molecular weight excluding hydrogens is 214 g/mol. The Morgan fingerprint density at radius 3 is 3.00 bits per heavy atom. The minimum absolute atomic E-state index is 0.305. The van der Waals surface area contributed by atoms with Crippen molar-refractivity contribution in [3.05, 3.63) is 18.3 Å². The molecule has 0 saturated heterocycles. The maximum absolute atomic E-state index is 5.76. The van der Waals surface area contributed by atoms with Crippen molar-refractivity contribution in [2.45, 2.75) is 26.2 Å². The molecule has 17 heavy (non-hydrogen) atoms. The zero-order valence-electron chi connectivity index (χ0n) is 10.4. The lowest BCUT2D eigenvalue weighted by molar-refractivity contribution is 0.317. The van der Waals surface area contributed by atoms with Gasteiger partial charge in [-0.1, -0.05) is 6.92 Å². The molecule has 0 aromatic carbocycles. The Hall–Kier alpha value is -1.29. The van der Waals surface area contributed by atoms with E-state index in [1.807, 2.05) is 12.1 Å². The van der Waals surface area contributed by atoms with Crippen LogP contribution in [0.2, 0.25) is 0 Å². The molecule has 4 nitrogen and oxygen atoms in total. The highest BCUT2D eigenvalue weighted by Gasteiger charge is 2.41. The van der Waals surface area contributed by atoms with E-state index in [1.54, 1.807) is 6.20 Å². The van der Waals surface area contributed by atoms with Gasteiger partial charge in [0.25, 0.3) is 0 Å². The van der Waals surface area contributed by atoms with E-state index in [-0.39, 0.29) is 0 Å². The van der Waals surface area contributed by atoms with Gasteiger partial charge in [0.05, 0.1) is 6.61 Å². The zero-order chi connectivity index (χ0) is 12.1. The standard InChI is InChI=1S/C13H21N3O/c1-2-8-17-11-4-3-7-15-12(11)16-10-13(9-14)5-6-13/h3-4,7H,2,5-6,8-10,14H2,1H3,(H,15,16). The van der Waals surface area contributed by atoms with Crippen LogP contribution in [0.3, 0.4) is 0 Å². The van der Waals surface area contributed by atoms with Crippen molar-refractivity contribution in [3.8, 4) is 5.75 Å². The highest BCUT2D eigenvalue weighted by Crippen LogP contribution is 2.44. The van der Waals surface area contributed by atoms with E-state index in [9.17, 15) is 0 Å². The van der Waals surface area contributed by atoms with Crippen LogP contribution in [0.1, 0.15) is 26.2 Å². The molecular formula is C13H21N3O. The fourth-order valence-electron chi connectivity index (χ4n) is 1.75. The van der Waals surface area contributed by atoms with Crippen molar-refractivity contribution >= 4 is 5.82 Å². The number of rotatable bonds is 7. The van der Waals surface area contributed by atoms with Gasteiger partial charge in [-0.15, -0.1) is 0 Å². The fourth-order valence-corrected chi connectivity index (χ4v) is 1.75. The number of nitrogens with two attached hydrogens (primary N) is 1. The smallest absolute Gasteiger partial charge is 0.168 e. The van der Waals surface area contributed by atoms with Gasteiger partial charge in [0, 0.05) is 12.7 Å². The molecule has 1 aromatic rings. The Kier molecular flexibility index (Phi) is 3.84. The summed E-state index contributed by atoms with van der Waals surface area (Å²) in [6, 6.07) is 3.85. The average Bonchev–Trinajstić information content (AvgIpc) is 3.15. The van der Waals surface area contributed by atoms with E-state index in [2.05, 4.69) is 17.2 Å². The number of hydrogen-bond acceptors (Lipinski definition) is 4. The molecule has 0 atom stereocenters. The minimum atomic E-state index is 0.305. The van der Waals surface area contributed by atoms with Crippen LogP contribution in [0.15, 0.2) is 18.3 Å². The molecule has 1 aromatic heterocycles. The van der Waals surface area contributed by atoms with Gasteiger partial charge in [0.2, 0.25) is 0 Å². The normalized spacial score (nSPS) is 16.6. The molecule has 0 unspecified atom stereocenters. The third-order valence-electron chi connectivity index (χ3n) is 3.25. The summed E-state index contributed by atoms with van der Waals surface area (Å²) in [5.74, 6) is 1.67. The van der Waals surface area contributed by atoms with Gasteiger partial charge >= 0.3 is 0 Å². The molecule has 1 heterocycles. The third kappa shape index (κ3) is 3.09. The van der Waals surface area contributed by atoms with Gasteiger partial charge in [0.1, 0.15) is 0 Å². The highest BCUT2D eigenvalue weighted by atomic mass is 16.5. The lowest BCUT2D eigenvalue weighted by Crippen LogP contribution is -2.24. The molecule has 3 N–H and O–H groups in total. The van der Waals surface area contributed by atoms with E-state index in [4.69, 9.17) is 10.5 Å². The van der Waals surface area contributed by atoms with Crippen LogP contribution >= 0.6 is 0 Å². The van der Waals surface area contributed by atoms with Gasteiger partial charge in [-0.3, -0.25) is 0 Å². The second-order valence-corrected chi connectivity index (χ2v) is 4.76. The number of anilines is 1. The van der Waals surface area contributed by atoms with Crippen LogP contribution in [0.4, 0.5) is 5.82 Å². The van der Waals surface area contributed by atoms with E-state index in [0.717, 1.165) is 37.7 Å². The van der Waals surface area contributed by atoms with Crippen LogP contribution in [-0.4, -0.2) is 24.7 Å². The molecule has 0 spiro atoms. The lowest BCUT2D eigenvalue weighted by atomic mass is 10.1. The van der Waals surface area contributed by atoms with Gasteiger partial charge in [-0.2, -0.15) is 0 Å². The number of pyridine rings is 1. The van der Waals surface area contributed by atoms with Crippen LogP contribution in [0.25, 0.3) is 0 Å². The van der Waals surface area contributed by atoms with Gasteiger partial charge in [0.15, 0.2) is 11.6 Å². The Labute approximate surface area is 103 Å². The average molecular weight is 235 g/mol. The molecule has 0 bridgehead atoms.